The molecule has 0 spiro atoms. The smallest absolute Gasteiger partial charge is 0.145 e. The first-order valence-electron chi connectivity index (χ1n) is 20.4. The second kappa shape index (κ2) is 14.3. The van der Waals surface area contributed by atoms with Crippen LogP contribution in [0.25, 0.3) is 77.4 Å². The third kappa shape index (κ3) is 5.50. The molecule has 8 aromatic carbocycles. The number of para-hydroxylation sites is 2. The van der Waals surface area contributed by atoms with E-state index in [1.54, 1.807) is 0 Å². The number of hydrogen-bond acceptors (Lipinski definition) is 4. The summed E-state index contributed by atoms with van der Waals surface area (Å²) in [7, 11) is 4.32. The topological polar surface area (TPSA) is 48.3 Å². The molecule has 0 amide bonds. The van der Waals surface area contributed by atoms with Crippen LogP contribution in [0.15, 0.2) is 204 Å². The van der Waals surface area contributed by atoms with Crippen LogP contribution in [0.4, 0.5) is 0 Å². The van der Waals surface area contributed by atoms with Crippen molar-refractivity contribution in [3.8, 4) is 34.0 Å². The van der Waals surface area contributed by atoms with Crippen LogP contribution in [-0.2, 0) is 0 Å². The van der Waals surface area contributed by atoms with Crippen molar-refractivity contribution in [2.45, 2.75) is 12.2 Å². The Labute approximate surface area is 348 Å². The molecule has 5 nitrogen and oxygen atoms in total. The molecule has 11 rings (SSSR count). The van der Waals surface area contributed by atoms with Gasteiger partial charge in [0.2, 0.25) is 0 Å². The van der Waals surface area contributed by atoms with Crippen LogP contribution in [0, 0.1) is 11.3 Å². The molecule has 1 aliphatic rings. The van der Waals surface area contributed by atoms with Gasteiger partial charge in [-0.1, -0.05) is 158 Å². The fourth-order valence-corrected chi connectivity index (χ4v) is 9.81. The fraction of sp³-hybridized carbons (Fsp3) is 0.0727. The van der Waals surface area contributed by atoms with Gasteiger partial charge in [0.05, 0.1) is 45.5 Å². The molecule has 0 N–H and O–H groups in total. The number of furan rings is 1. The molecule has 0 bridgehead atoms. The molecule has 0 saturated heterocycles. The zero-order valence-corrected chi connectivity index (χ0v) is 33.3. The summed E-state index contributed by atoms with van der Waals surface area (Å²) in [5.74, 6) is 0. The van der Waals surface area contributed by atoms with Gasteiger partial charge in [-0.25, -0.2) is 0 Å². The van der Waals surface area contributed by atoms with Crippen LogP contribution < -0.4 is 0 Å². The maximum Gasteiger partial charge on any atom is 0.145 e. The lowest BCUT2D eigenvalue weighted by Gasteiger charge is -2.48. The maximum absolute atomic E-state index is 11.1. The van der Waals surface area contributed by atoms with Crippen LogP contribution in [0.1, 0.15) is 28.9 Å². The number of hydrogen-bond donors (Lipinski definition) is 0. The van der Waals surface area contributed by atoms with Gasteiger partial charge in [-0.2, -0.15) is 5.26 Å². The standard InChI is InChI=1S/C55H40N4O/c1-57-52(38-23-11-5-12-24-38)45(35-56)53(39-25-13-6-14-26-39)58(2)55(57)51-44(37-21-9-4-10-22-37)33-40(36-19-7-3-8-20-36)34-48(51)59-46-29-17-15-28-43(46)50-47(59)32-31-42-41-27-16-18-30-49(41)60-54(42)50/h3-34,52,55H,1-2H3. The predicted molar refractivity (Wildman–Crippen MR) is 245 cm³/mol. The van der Waals surface area contributed by atoms with Gasteiger partial charge >= 0.3 is 0 Å². The zero-order valence-electron chi connectivity index (χ0n) is 33.3. The normalized spacial score (nSPS) is 16.0. The number of nitrogens with zero attached hydrogens (tertiary/aromatic N) is 4. The van der Waals surface area contributed by atoms with Gasteiger partial charge in [-0.15, -0.1) is 0 Å². The SMILES string of the molecule is CN1C(c2ccccc2)=C(C#N)C(c2ccccc2)N(C)C1c1c(-c2ccccc2)cc(-c2ccccc2)cc1-n1c2ccccc2c2c3oc4ccccc4c3ccc21. The number of likely N-dealkylation sites (N-methyl/N-ethyl adjacent to an activating group) is 1. The molecule has 0 radical (unpaired) electrons. The maximum atomic E-state index is 11.1. The van der Waals surface area contributed by atoms with Gasteiger partial charge in [0.15, 0.2) is 0 Å². The molecule has 10 aromatic rings. The Morgan fingerprint density at radius 2 is 1.13 bits per heavy atom. The van der Waals surface area contributed by atoms with Gasteiger partial charge in [0.1, 0.15) is 17.3 Å². The largest absolute Gasteiger partial charge is 0.455 e. The van der Waals surface area contributed by atoms with Crippen LogP contribution in [0.2, 0.25) is 0 Å². The number of benzene rings is 8. The van der Waals surface area contributed by atoms with Crippen LogP contribution in [0.3, 0.4) is 0 Å². The summed E-state index contributed by atoms with van der Waals surface area (Å²) in [6, 6.07) is 70.9. The van der Waals surface area contributed by atoms with Crippen molar-refractivity contribution in [1.29, 1.82) is 5.26 Å². The quantitative estimate of drug-likeness (QED) is 0.169. The van der Waals surface area contributed by atoms with Gasteiger partial charge in [-0.3, -0.25) is 4.90 Å². The molecule has 2 unspecified atom stereocenters. The van der Waals surface area contributed by atoms with Crippen molar-refractivity contribution < 1.29 is 4.42 Å². The molecule has 286 valence electrons. The van der Waals surface area contributed by atoms with Gasteiger partial charge in [0, 0.05) is 28.8 Å². The monoisotopic (exact) mass is 772 g/mol. The molecule has 2 aromatic heterocycles. The van der Waals surface area contributed by atoms with E-state index in [2.05, 4.69) is 210 Å². The Hall–Kier alpha value is -7.65. The average Bonchev–Trinajstić information content (AvgIpc) is 3.86. The first kappa shape index (κ1) is 35.5. The van der Waals surface area contributed by atoms with Crippen molar-refractivity contribution in [1.82, 2.24) is 14.4 Å². The lowest BCUT2D eigenvalue weighted by atomic mass is 9.85. The van der Waals surface area contributed by atoms with Gasteiger partial charge in [0.25, 0.3) is 0 Å². The zero-order chi connectivity index (χ0) is 40.3. The molecule has 5 heteroatoms. The Balaban J connectivity index is 1.30. The van der Waals surface area contributed by atoms with Crippen molar-refractivity contribution >= 4 is 49.4 Å². The molecule has 0 aliphatic carbocycles. The minimum atomic E-state index is -0.330. The second-order valence-corrected chi connectivity index (χ2v) is 15.7. The lowest BCUT2D eigenvalue weighted by molar-refractivity contribution is 0.0836. The number of aromatic nitrogens is 1. The van der Waals surface area contributed by atoms with E-state index in [-0.39, 0.29) is 12.2 Å². The van der Waals surface area contributed by atoms with E-state index in [1.807, 2.05) is 18.2 Å². The van der Waals surface area contributed by atoms with Crippen molar-refractivity contribution in [3.63, 3.8) is 0 Å². The lowest BCUT2D eigenvalue weighted by Crippen LogP contribution is -2.44. The second-order valence-electron chi connectivity index (χ2n) is 15.7. The number of fused-ring (bicyclic) bond motifs is 7. The first-order valence-corrected chi connectivity index (χ1v) is 20.4. The minimum Gasteiger partial charge on any atom is -0.455 e. The third-order valence-corrected chi connectivity index (χ3v) is 12.4. The molecule has 0 fully saturated rings. The van der Waals surface area contributed by atoms with E-state index >= 15 is 0 Å². The van der Waals surface area contributed by atoms with Crippen molar-refractivity contribution in [2.75, 3.05) is 14.1 Å². The summed E-state index contributed by atoms with van der Waals surface area (Å²) in [5.41, 5.74) is 14.3. The Morgan fingerprint density at radius 1 is 0.533 bits per heavy atom. The Bertz CT molecular complexity index is 3300. The summed E-state index contributed by atoms with van der Waals surface area (Å²) in [4.78, 5) is 4.71. The summed E-state index contributed by atoms with van der Waals surface area (Å²) in [6.07, 6.45) is -0.330. The molecular formula is C55H40N4O. The molecule has 3 heterocycles. The third-order valence-electron chi connectivity index (χ3n) is 12.4. The fourth-order valence-electron chi connectivity index (χ4n) is 9.81. The summed E-state index contributed by atoms with van der Waals surface area (Å²) in [6.45, 7) is 0. The molecule has 1 aliphatic heterocycles. The van der Waals surface area contributed by atoms with Crippen LogP contribution >= 0.6 is 0 Å². The number of rotatable bonds is 6. The van der Waals surface area contributed by atoms with E-state index < -0.39 is 0 Å². The Kier molecular flexibility index (Phi) is 8.47. The van der Waals surface area contributed by atoms with Crippen LogP contribution in [0.5, 0.6) is 0 Å². The highest BCUT2D eigenvalue weighted by Crippen LogP contribution is 2.51. The first-order chi connectivity index (χ1) is 29.6. The summed E-state index contributed by atoms with van der Waals surface area (Å²) in [5, 5.41) is 15.6. The van der Waals surface area contributed by atoms with E-state index in [1.165, 1.54) is 0 Å². The highest BCUT2D eigenvalue weighted by molar-refractivity contribution is 6.24. The van der Waals surface area contributed by atoms with Crippen molar-refractivity contribution in [3.05, 3.63) is 216 Å². The molecule has 0 saturated carbocycles. The van der Waals surface area contributed by atoms with Gasteiger partial charge < -0.3 is 13.9 Å². The highest BCUT2D eigenvalue weighted by atomic mass is 16.3. The predicted octanol–water partition coefficient (Wildman–Crippen LogP) is 13.6. The van der Waals surface area contributed by atoms with Gasteiger partial charge in [-0.05, 0) is 76.8 Å². The van der Waals surface area contributed by atoms with E-state index in [9.17, 15) is 5.26 Å². The molecule has 2 atom stereocenters. The summed E-state index contributed by atoms with van der Waals surface area (Å²) >= 11 is 0. The minimum absolute atomic E-state index is 0.328. The van der Waals surface area contributed by atoms with Crippen molar-refractivity contribution in [2.24, 2.45) is 0 Å². The number of nitriles is 1. The van der Waals surface area contributed by atoms with E-state index in [4.69, 9.17) is 4.42 Å². The van der Waals surface area contributed by atoms with E-state index in [0.29, 0.717) is 5.57 Å². The Morgan fingerprint density at radius 3 is 1.83 bits per heavy atom. The average molecular weight is 773 g/mol. The molecular weight excluding hydrogens is 733 g/mol. The molecule has 60 heavy (non-hydrogen) atoms. The van der Waals surface area contributed by atoms with Crippen LogP contribution in [-0.4, -0.2) is 28.5 Å². The highest BCUT2D eigenvalue weighted by Gasteiger charge is 2.42. The summed E-state index contributed by atoms with van der Waals surface area (Å²) < 4.78 is 9.23. The van der Waals surface area contributed by atoms with E-state index in [0.717, 1.165) is 94.1 Å².